The molecule has 1 aromatic carbocycles. The molecule has 1 atom stereocenters. The molecular formula is C16H26N2O. The SMILES string of the molecule is CCOc1ccccc1CNC[C@H]1CCN(CC)C1. The molecule has 0 saturated carbocycles. The van der Waals surface area contributed by atoms with Gasteiger partial charge in [-0.15, -0.1) is 0 Å². The summed E-state index contributed by atoms with van der Waals surface area (Å²) in [5.41, 5.74) is 1.26. The van der Waals surface area contributed by atoms with Gasteiger partial charge < -0.3 is 15.0 Å². The van der Waals surface area contributed by atoms with E-state index in [2.05, 4.69) is 35.3 Å². The minimum atomic E-state index is 0.727. The number of likely N-dealkylation sites (tertiary alicyclic amines) is 1. The number of hydrogen-bond donors (Lipinski definition) is 1. The lowest BCUT2D eigenvalue weighted by Gasteiger charge is -2.15. The molecule has 0 spiro atoms. The Morgan fingerprint density at radius 1 is 1.32 bits per heavy atom. The standard InChI is InChI=1S/C16H26N2O/c1-3-18-10-9-14(13-18)11-17-12-15-7-5-6-8-16(15)19-4-2/h5-8,14,17H,3-4,9-13H2,1-2H3/t14-/m1/s1. The molecule has 3 nitrogen and oxygen atoms in total. The summed E-state index contributed by atoms with van der Waals surface area (Å²) in [7, 11) is 0. The van der Waals surface area contributed by atoms with Crippen molar-refractivity contribution >= 4 is 0 Å². The van der Waals surface area contributed by atoms with Crippen molar-refractivity contribution in [1.29, 1.82) is 0 Å². The van der Waals surface area contributed by atoms with Gasteiger partial charge in [0.15, 0.2) is 0 Å². The molecule has 0 unspecified atom stereocenters. The highest BCUT2D eigenvalue weighted by Gasteiger charge is 2.20. The smallest absolute Gasteiger partial charge is 0.123 e. The number of para-hydroxylation sites is 1. The first kappa shape index (κ1) is 14.4. The molecule has 1 saturated heterocycles. The van der Waals surface area contributed by atoms with Gasteiger partial charge in [-0.3, -0.25) is 0 Å². The van der Waals surface area contributed by atoms with E-state index < -0.39 is 0 Å². The summed E-state index contributed by atoms with van der Waals surface area (Å²) in [4.78, 5) is 2.53. The van der Waals surface area contributed by atoms with Crippen molar-refractivity contribution < 1.29 is 4.74 Å². The number of nitrogens with zero attached hydrogens (tertiary/aromatic N) is 1. The van der Waals surface area contributed by atoms with Gasteiger partial charge in [-0.1, -0.05) is 25.1 Å². The summed E-state index contributed by atoms with van der Waals surface area (Å²) in [6.07, 6.45) is 1.33. The Hall–Kier alpha value is -1.06. The van der Waals surface area contributed by atoms with Crippen molar-refractivity contribution in [3.8, 4) is 5.75 Å². The van der Waals surface area contributed by atoms with E-state index >= 15 is 0 Å². The van der Waals surface area contributed by atoms with Crippen LogP contribution < -0.4 is 10.1 Å². The van der Waals surface area contributed by atoms with E-state index in [0.717, 1.165) is 31.4 Å². The van der Waals surface area contributed by atoms with Crippen LogP contribution in [0.1, 0.15) is 25.8 Å². The first-order chi connectivity index (χ1) is 9.33. The Kier molecular flexibility index (Phi) is 5.67. The first-order valence-electron chi connectivity index (χ1n) is 7.47. The molecule has 1 aliphatic heterocycles. The van der Waals surface area contributed by atoms with Crippen LogP contribution in [0.25, 0.3) is 0 Å². The molecule has 1 aliphatic rings. The lowest BCUT2D eigenvalue weighted by atomic mass is 10.1. The minimum Gasteiger partial charge on any atom is -0.494 e. The molecule has 0 amide bonds. The third-order valence-electron chi connectivity index (χ3n) is 3.84. The Bertz CT molecular complexity index is 381. The molecule has 1 fully saturated rings. The number of nitrogens with one attached hydrogen (secondary N) is 1. The second kappa shape index (κ2) is 7.51. The van der Waals surface area contributed by atoms with Gasteiger partial charge in [0.25, 0.3) is 0 Å². The fourth-order valence-corrected chi connectivity index (χ4v) is 2.72. The molecule has 0 aliphatic carbocycles. The van der Waals surface area contributed by atoms with Crippen molar-refractivity contribution in [1.82, 2.24) is 10.2 Å². The van der Waals surface area contributed by atoms with Crippen LogP contribution in [0.2, 0.25) is 0 Å². The fourth-order valence-electron chi connectivity index (χ4n) is 2.72. The van der Waals surface area contributed by atoms with Gasteiger partial charge in [-0.25, -0.2) is 0 Å². The summed E-state index contributed by atoms with van der Waals surface area (Å²) in [6, 6.07) is 8.30. The molecule has 0 bridgehead atoms. The largest absolute Gasteiger partial charge is 0.494 e. The highest BCUT2D eigenvalue weighted by Crippen LogP contribution is 2.18. The van der Waals surface area contributed by atoms with Crippen molar-refractivity contribution in [2.45, 2.75) is 26.8 Å². The van der Waals surface area contributed by atoms with Crippen LogP contribution in [0.4, 0.5) is 0 Å². The molecule has 1 N–H and O–H groups in total. The van der Waals surface area contributed by atoms with E-state index in [-0.39, 0.29) is 0 Å². The van der Waals surface area contributed by atoms with E-state index in [0.29, 0.717) is 0 Å². The number of ether oxygens (including phenoxy) is 1. The molecule has 0 radical (unpaired) electrons. The Balaban J connectivity index is 1.76. The average Bonchev–Trinajstić information content (AvgIpc) is 2.89. The van der Waals surface area contributed by atoms with Crippen molar-refractivity contribution in [3.63, 3.8) is 0 Å². The highest BCUT2D eigenvalue weighted by molar-refractivity contribution is 5.33. The second-order valence-corrected chi connectivity index (χ2v) is 5.22. The quantitative estimate of drug-likeness (QED) is 0.817. The molecule has 0 aromatic heterocycles. The van der Waals surface area contributed by atoms with Crippen molar-refractivity contribution in [2.75, 3.05) is 32.8 Å². The second-order valence-electron chi connectivity index (χ2n) is 5.22. The van der Waals surface area contributed by atoms with E-state index in [1.54, 1.807) is 0 Å². The van der Waals surface area contributed by atoms with Gasteiger partial charge in [-0.2, -0.15) is 0 Å². The minimum absolute atomic E-state index is 0.727. The summed E-state index contributed by atoms with van der Waals surface area (Å²) in [5.74, 6) is 1.82. The topological polar surface area (TPSA) is 24.5 Å². The van der Waals surface area contributed by atoms with E-state index in [1.165, 1.54) is 31.6 Å². The zero-order chi connectivity index (χ0) is 13.5. The van der Waals surface area contributed by atoms with Gasteiger partial charge in [0.2, 0.25) is 0 Å². The van der Waals surface area contributed by atoms with Gasteiger partial charge in [0.05, 0.1) is 6.61 Å². The van der Waals surface area contributed by atoms with Gasteiger partial charge in [-0.05, 0) is 45.0 Å². The van der Waals surface area contributed by atoms with Crippen LogP contribution in [-0.2, 0) is 6.54 Å². The fraction of sp³-hybridized carbons (Fsp3) is 0.625. The summed E-state index contributed by atoms with van der Waals surface area (Å²) in [5, 5.41) is 3.58. The van der Waals surface area contributed by atoms with Crippen LogP contribution in [0.3, 0.4) is 0 Å². The Morgan fingerprint density at radius 2 is 2.16 bits per heavy atom. The summed E-state index contributed by atoms with van der Waals surface area (Å²) >= 11 is 0. The van der Waals surface area contributed by atoms with Crippen molar-refractivity contribution in [3.05, 3.63) is 29.8 Å². The molecule has 3 heteroatoms. The van der Waals surface area contributed by atoms with Gasteiger partial charge in [0.1, 0.15) is 5.75 Å². The van der Waals surface area contributed by atoms with Gasteiger partial charge >= 0.3 is 0 Å². The zero-order valence-corrected chi connectivity index (χ0v) is 12.2. The first-order valence-corrected chi connectivity index (χ1v) is 7.47. The maximum Gasteiger partial charge on any atom is 0.123 e. The molecule has 106 valence electrons. The van der Waals surface area contributed by atoms with Crippen LogP contribution in [0, 0.1) is 5.92 Å². The summed E-state index contributed by atoms with van der Waals surface area (Å²) in [6.45, 7) is 10.7. The normalized spacial score (nSPS) is 19.8. The van der Waals surface area contributed by atoms with Crippen LogP contribution in [-0.4, -0.2) is 37.7 Å². The van der Waals surface area contributed by atoms with Crippen LogP contribution in [0.5, 0.6) is 5.75 Å². The van der Waals surface area contributed by atoms with Crippen LogP contribution >= 0.6 is 0 Å². The lowest BCUT2D eigenvalue weighted by Crippen LogP contribution is -2.26. The van der Waals surface area contributed by atoms with Crippen LogP contribution in [0.15, 0.2) is 24.3 Å². The van der Waals surface area contributed by atoms with E-state index in [9.17, 15) is 0 Å². The maximum absolute atomic E-state index is 5.65. The van der Waals surface area contributed by atoms with E-state index in [1.807, 2.05) is 13.0 Å². The maximum atomic E-state index is 5.65. The third-order valence-corrected chi connectivity index (χ3v) is 3.84. The van der Waals surface area contributed by atoms with E-state index in [4.69, 9.17) is 4.74 Å². The monoisotopic (exact) mass is 262 g/mol. The number of benzene rings is 1. The lowest BCUT2D eigenvalue weighted by molar-refractivity contribution is 0.332. The third kappa shape index (κ3) is 4.22. The average molecular weight is 262 g/mol. The predicted octanol–water partition coefficient (Wildman–Crippen LogP) is 2.52. The molecule has 19 heavy (non-hydrogen) atoms. The number of rotatable bonds is 7. The zero-order valence-electron chi connectivity index (χ0n) is 12.2. The highest BCUT2D eigenvalue weighted by atomic mass is 16.5. The Morgan fingerprint density at radius 3 is 2.89 bits per heavy atom. The van der Waals surface area contributed by atoms with Gasteiger partial charge in [0, 0.05) is 18.7 Å². The number of hydrogen-bond acceptors (Lipinski definition) is 3. The molecule has 1 heterocycles. The molecule has 1 aromatic rings. The summed E-state index contributed by atoms with van der Waals surface area (Å²) < 4.78 is 5.65. The van der Waals surface area contributed by atoms with Crippen molar-refractivity contribution in [2.24, 2.45) is 5.92 Å². The Labute approximate surface area is 116 Å². The predicted molar refractivity (Wildman–Crippen MR) is 79.5 cm³/mol. The molecule has 2 rings (SSSR count). The molecular weight excluding hydrogens is 236 g/mol.